The maximum atomic E-state index is 17.6. The van der Waals surface area contributed by atoms with Crippen LogP contribution < -0.4 is 15.4 Å². The molecule has 0 saturated carbocycles. The predicted octanol–water partition coefficient (Wildman–Crippen LogP) is 4.76. The number of thiophene rings is 1. The highest BCUT2D eigenvalue weighted by Crippen LogP contribution is 2.48. The van der Waals surface area contributed by atoms with Gasteiger partial charge in [0.1, 0.15) is 35.2 Å². The zero-order chi connectivity index (χ0) is 36.8. The van der Waals surface area contributed by atoms with Gasteiger partial charge in [-0.05, 0) is 43.4 Å². The number of nitrogen functional groups attached to an aromatic ring is 1. The van der Waals surface area contributed by atoms with Crippen LogP contribution in [0.2, 0.25) is 0 Å². The van der Waals surface area contributed by atoms with Crippen LogP contribution in [-0.2, 0) is 22.7 Å². The van der Waals surface area contributed by atoms with Gasteiger partial charge in [-0.25, -0.2) is 13.2 Å². The van der Waals surface area contributed by atoms with Gasteiger partial charge >= 0.3 is 6.01 Å². The largest absolute Gasteiger partial charge is 0.461 e. The van der Waals surface area contributed by atoms with Crippen molar-refractivity contribution in [1.29, 1.82) is 5.26 Å². The number of ether oxygens (including phenoxy) is 2. The zero-order valence-corrected chi connectivity index (χ0v) is 30.4. The Hall–Kier alpha value is -4.30. The summed E-state index contributed by atoms with van der Waals surface area (Å²) in [6, 6.07) is 2.15. The number of carbonyl (C=O) groups is 1. The van der Waals surface area contributed by atoms with Crippen molar-refractivity contribution in [2.45, 2.75) is 75.5 Å². The monoisotopic (exact) mass is 747 g/mol. The molecule has 1 amide bonds. The molecule has 0 spiro atoms. The number of hydrogen-bond acceptors (Lipinski definition) is 12. The lowest BCUT2D eigenvalue weighted by Crippen LogP contribution is -2.54. The molecule has 4 atom stereocenters. The van der Waals surface area contributed by atoms with Gasteiger partial charge in [0, 0.05) is 76.1 Å². The molecule has 278 valence electrons. The van der Waals surface area contributed by atoms with Crippen molar-refractivity contribution in [3.05, 3.63) is 34.5 Å². The Morgan fingerprint density at radius 2 is 1.94 bits per heavy atom. The molecular formula is C37H40F3N9O3S. The topological polar surface area (TPSA) is 137 Å². The number of fused-ring (bicyclic) bond motifs is 7. The number of nitrogens with two attached hydrogens (primary N) is 1. The third kappa shape index (κ3) is 5.49. The van der Waals surface area contributed by atoms with Gasteiger partial charge in [0.15, 0.2) is 11.6 Å². The molecule has 53 heavy (non-hydrogen) atoms. The highest BCUT2D eigenvalue weighted by Gasteiger charge is 2.50. The molecule has 9 rings (SSSR count). The highest BCUT2D eigenvalue weighted by atomic mass is 32.1. The Morgan fingerprint density at radius 3 is 2.70 bits per heavy atom. The van der Waals surface area contributed by atoms with Crippen molar-refractivity contribution in [3.63, 3.8) is 0 Å². The average molecular weight is 748 g/mol. The summed E-state index contributed by atoms with van der Waals surface area (Å²) in [6.45, 7) is 3.62. The Bertz CT molecular complexity index is 2200. The van der Waals surface area contributed by atoms with Gasteiger partial charge in [0.25, 0.3) is 0 Å². The van der Waals surface area contributed by atoms with Crippen LogP contribution in [0, 0.1) is 23.0 Å². The number of pyridine rings is 1. The molecule has 16 heteroatoms. The number of nitrogens with zero attached hydrogens (tertiary/aromatic N) is 8. The maximum Gasteiger partial charge on any atom is 0.319 e. The molecule has 3 aromatic heterocycles. The second-order valence-electron chi connectivity index (χ2n) is 15.3. The van der Waals surface area contributed by atoms with Crippen LogP contribution in [0.15, 0.2) is 6.20 Å². The van der Waals surface area contributed by atoms with Crippen molar-refractivity contribution in [1.82, 2.24) is 29.7 Å². The fraction of sp³-hybridized carbons (Fsp3) is 0.541. The zero-order valence-electron chi connectivity index (χ0n) is 29.6. The normalized spacial score (nSPS) is 25.4. The van der Waals surface area contributed by atoms with Gasteiger partial charge in [-0.2, -0.15) is 15.2 Å². The lowest BCUT2D eigenvalue weighted by atomic mass is 9.93. The van der Waals surface area contributed by atoms with Gasteiger partial charge in [0.2, 0.25) is 5.91 Å². The molecule has 2 bridgehead atoms. The van der Waals surface area contributed by atoms with Gasteiger partial charge in [-0.3, -0.25) is 19.6 Å². The van der Waals surface area contributed by atoms with Gasteiger partial charge in [0.05, 0.1) is 46.3 Å². The Morgan fingerprint density at radius 1 is 1.17 bits per heavy atom. The molecule has 4 saturated heterocycles. The van der Waals surface area contributed by atoms with Crippen molar-refractivity contribution < 1.29 is 27.4 Å². The van der Waals surface area contributed by atoms with Crippen molar-refractivity contribution in [3.8, 4) is 23.3 Å². The fourth-order valence-electron chi connectivity index (χ4n) is 9.52. The number of nitriles is 1. The number of rotatable bonds is 8. The average Bonchev–Trinajstić information content (AvgIpc) is 3.95. The Balaban J connectivity index is 1.19. The summed E-state index contributed by atoms with van der Waals surface area (Å²) >= 11 is 0.923. The summed E-state index contributed by atoms with van der Waals surface area (Å²) in [4.78, 5) is 34.9. The number of amides is 1. The summed E-state index contributed by atoms with van der Waals surface area (Å²) in [5.74, 6) is -0.726. The second kappa shape index (κ2) is 12.9. The SMILES string of the molecule is CN(C)C(=O)CCN1CC2CCC(C1)N2c1nc(OC[C@@]23CCCN2C[C@H](F)C3)nc2c(F)c(-c3ncc(F)c4sc(N)c(C#N)c34)c3c(c12)COC3. The minimum atomic E-state index is -0.945. The number of piperazine rings is 1. The van der Waals surface area contributed by atoms with E-state index >= 15 is 8.78 Å². The van der Waals surface area contributed by atoms with Gasteiger partial charge < -0.3 is 25.0 Å². The lowest BCUT2D eigenvalue weighted by Gasteiger charge is -2.42. The van der Waals surface area contributed by atoms with E-state index in [1.807, 2.05) is 0 Å². The number of anilines is 2. The molecule has 5 aliphatic rings. The third-order valence-corrected chi connectivity index (χ3v) is 13.0. The van der Waals surface area contributed by atoms with E-state index in [1.54, 1.807) is 19.0 Å². The number of carbonyl (C=O) groups excluding carboxylic acids is 1. The number of aromatic nitrogens is 3. The quantitative estimate of drug-likeness (QED) is 0.267. The van der Waals surface area contributed by atoms with Crippen LogP contribution in [0.5, 0.6) is 6.01 Å². The standard InChI is InChI=1S/C37H40F3N9O3S/c1-46(2)26(50)6-9-47-14-20-4-5-21(15-47)49(20)35-29-24-17-51-16-23(24)27(31-28-22(11-41)34(42)53-33(28)25(39)12-43-31)30(40)32(29)44-36(45-35)52-18-37-7-3-8-48(37)13-19(38)10-37/h12,19-21H,3-10,13-18,42H2,1-2H3/t19-,20?,21?,37+/m1/s1. The number of alkyl halides is 1. The summed E-state index contributed by atoms with van der Waals surface area (Å²) in [6.07, 6.45) is 4.38. The fourth-order valence-corrected chi connectivity index (χ4v) is 10.4. The smallest absolute Gasteiger partial charge is 0.319 e. The third-order valence-electron chi connectivity index (χ3n) is 12.0. The van der Waals surface area contributed by atoms with Crippen LogP contribution in [-0.4, -0.2) is 113 Å². The molecule has 2 unspecified atom stereocenters. The van der Waals surface area contributed by atoms with Crippen LogP contribution in [0.25, 0.3) is 32.2 Å². The molecule has 0 radical (unpaired) electrons. The highest BCUT2D eigenvalue weighted by molar-refractivity contribution is 7.23. The number of likely N-dealkylation sites (tertiary alicyclic amines) is 1. The first-order valence-electron chi connectivity index (χ1n) is 18.2. The number of benzene rings is 1. The predicted molar refractivity (Wildman–Crippen MR) is 193 cm³/mol. The molecule has 8 heterocycles. The van der Waals surface area contributed by atoms with E-state index in [2.05, 4.69) is 25.8 Å². The van der Waals surface area contributed by atoms with E-state index in [0.717, 1.165) is 49.8 Å². The number of hydrogen-bond donors (Lipinski definition) is 1. The first-order valence-corrected chi connectivity index (χ1v) is 19.0. The summed E-state index contributed by atoms with van der Waals surface area (Å²) < 4.78 is 59.8. The minimum absolute atomic E-state index is 0.00661. The summed E-state index contributed by atoms with van der Waals surface area (Å²) in [5.41, 5.74) is 7.14. The van der Waals surface area contributed by atoms with Crippen molar-refractivity contribution >= 4 is 49.1 Å². The summed E-state index contributed by atoms with van der Waals surface area (Å²) in [5, 5.41) is 10.8. The molecule has 1 aromatic carbocycles. The maximum absolute atomic E-state index is 17.6. The lowest BCUT2D eigenvalue weighted by molar-refractivity contribution is -0.129. The molecule has 12 nitrogen and oxygen atoms in total. The van der Waals surface area contributed by atoms with Crippen LogP contribution >= 0.6 is 11.3 Å². The first-order chi connectivity index (χ1) is 25.6. The minimum Gasteiger partial charge on any atom is -0.461 e. The van der Waals surface area contributed by atoms with Crippen LogP contribution in [0.4, 0.5) is 24.0 Å². The molecule has 4 fully saturated rings. The number of halogens is 3. The van der Waals surface area contributed by atoms with E-state index in [9.17, 15) is 14.4 Å². The van der Waals surface area contributed by atoms with Crippen LogP contribution in [0.1, 0.15) is 55.2 Å². The van der Waals surface area contributed by atoms with Gasteiger partial charge in [-0.1, -0.05) is 0 Å². The van der Waals surface area contributed by atoms with E-state index in [1.165, 1.54) is 0 Å². The van der Waals surface area contributed by atoms with E-state index in [-0.39, 0.29) is 81.2 Å². The van der Waals surface area contributed by atoms with Crippen molar-refractivity contribution in [2.24, 2.45) is 0 Å². The van der Waals surface area contributed by atoms with E-state index in [0.29, 0.717) is 61.4 Å². The molecular weight excluding hydrogens is 708 g/mol. The van der Waals surface area contributed by atoms with E-state index < -0.39 is 23.3 Å². The molecule has 0 aliphatic carbocycles. The van der Waals surface area contributed by atoms with Crippen molar-refractivity contribution in [2.75, 3.05) is 64.1 Å². The second-order valence-corrected chi connectivity index (χ2v) is 16.3. The van der Waals surface area contributed by atoms with Gasteiger partial charge in [-0.15, -0.1) is 11.3 Å². The molecule has 5 aliphatic heterocycles. The Labute approximate surface area is 308 Å². The first kappa shape index (κ1) is 34.5. The summed E-state index contributed by atoms with van der Waals surface area (Å²) in [7, 11) is 3.52. The Kier molecular flexibility index (Phi) is 8.41. The van der Waals surface area contributed by atoms with E-state index in [4.69, 9.17) is 25.2 Å². The molecule has 2 N–H and O–H groups in total. The van der Waals surface area contributed by atoms with Crippen LogP contribution in [0.3, 0.4) is 0 Å². The molecule has 4 aromatic rings.